The summed E-state index contributed by atoms with van der Waals surface area (Å²) in [6.07, 6.45) is 2.88. The fourth-order valence-electron chi connectivity index (χ4n) is 3.18. The van der Waals surface area contributed by atoms with E-state index >= 15 is 0 Å². The van der Waals surface area contributed by atoms with Crippen LogP contribution in [0.5, 0.6) is 5.75 Å². The minimum absolute atomic E-state index is 0.121. The maximum Gasteiger partial charge on any atom is 0.233 e. The molecule has 3 rings (SSSR count). The van der Waals surface area contributed by atoms with Gasteiger partial charge in [-0.05, 0) is 51.5 Å². The lowest BCUT2D eigenvalue weighted by molar-refractivity contribution is 0.252. The zero-order chi connectivity index (χ0) is 20.1. The Kier molecular flexibility index (Phi) is 6.45. The van der Waals surface area contributed by atoms with Crippen LogP contribution < -0.4 is 20.7 Å². The van der Waals surface area contributed by atoms with E-state index in [2.05, 4.69) is 32.2 Å². The first-order chi connectivity index (χ1) is 13.5. The first kappa shape index (κ1) is 20.1. The molecule has 9 heteroatoms. The van der Waals surface area contributed by atoms with Gasteiger partial charge in [-0.1, -0.05) is 6.92 Å². The summed E-state index contributed by atoms with van der Waals surface area (Å²) >= 11 is 0. The molecule has 0 spiro atoms. The zero-order valence-electron chi connectivity index (χ0n) is 16.7. The second-order valence-corrected chi connectivity index (χ2v) is 7.08. The van der Waals surface area contributed by atoms with Crippen molar-refractivity contribution in [3.8, 4) is 5.75 Å². The summed E-state index contributed by atoms with van der Waals surface area (Å²) in [5.41, 5.74) is 6.39. The standard InChI is InChI=1S/C19H28FN7O/c1-4-11-28-16-6-5-13(12-15(16)20)22-18-23-17(21)24-19(25-18)27(3)14-7-9-26(2)10-8-14/h5-6,12,14H,4,7-11H2,1-3H3,(H3,21,22,23,24,25). The van der Waals surface area contributed by atoms with E-state index in [0.717, 1.165) is 32.4 Å². The van der Waals surface area contributed by atoms with Gasteiger partial charge in [0, 0.05) is 24.8 Å². The molecule has 0 radical (unpaired) electrons. The number of likely N-dealkylation sites (tertiary alicyclic amines) is 1. The predicted molar refractivity (Wildman–Crippen MR) is 109 cm³/mol. The number of nitrogens with zero attached hydrogens (tertiary/aromatic N) is 5. The van der Waals surface area contributed by atoms with Crippen LogP contribution in [-0.2, 0) is 0 Å². The van der Waals surface area contributed by atoms with E-state index in [1.165, 1.54) is 6.07 Å². The van der Waals surface area contributed by atoms with Crippen molar-refractivity contribution in [1.82, 2.24) is 19.9 Å². The predicted octanol–water partition coefficient (Wildman–Crippen LogP) is 2.66. The Morgan fingerprint density at radius 1 is 1.29 bits per heavy atom. The first-order valence-corrected chi connectivity index (χ1v) is 9.58. The van der Waals surface area contributed by atoms with Gasteiger partial charge in [0.2, 0.25) is 17.8 Å². The molecule has 8 nitrogen and oxygen atoms in total. The van der Waals surface area contributed by atoms with Crippen molar-refractivity contribution in [2.45, 2.75) is 32.2 Å². The third kappa shape index (κ3) is 4.98. The molecule has 1 saturated heterocycles. The van der Waals surface area contributed by atoms with E-state index in [9.17, 15) is 4.39 Å². The van der Waals surface area contributed by atoms with Gasteiger partial charge >= 0.3 is 0 Å². The summed E-state index contributed by atoms with van der Waals surface area (Å²) in [5, 5.41) is 3.00. The number of rotatable bonds is 7. The van der Waals surface area contributed by atoms with Crippen LogP contribution in [0.2, 0.25) is 0 Å². The van der Waals surface area contributed by atoms with E-state index in [4.69, 9.17) is 10.5 Å². The van der Waals surface area contributed by atoms with Crippen LogP contribution >= 0.6 is 0 Å². The lowest BCUT2D eigenvalue weighted by atomic mass is 10.0. The molecular formula is C19H28FN7O. The Morgan fingerprint density at radius 3 is 2.71 bits per heavy atom. The quantitative estimate of drug-likeness (QED) is 0.747. The zero-order valence-corrected chi connectivity index (χ0v) is 16.7. The number of hydrogen-bond donors (Lipinski definition) is 2. The molecule has 1 aromatic heterocycles. The van der Waals surface area contributed by atoms with Gasteiger partial charge in [0.1, 0.15) is 0 Å². The molecule has 28 heavy (non-hydrogen) atoms. The highest BCUT2D eigenvalue weighted by Gasteiger charge is 2.23. The van der Waals surface area contributed by atoms with Gasteiger partial charge < -0.3 is 25.6 Å². The van der Waals surface area contributed by atoms with Crippen molar-refractivity contribution >= 4 is 23.5 Å². The van der Waals surface area contributed by atoms with E-state index in [-0.39, 0.29) is 17.6 Å². The van der Waals surface area contributed by atoms with E-state index in [1.807, 2.05) is 18.9 Å². The van der Waals surface area contributed by atoms with Crippen molar-refractivity contribution < 1.29 is 9.13 Å². The number of halogens is 1. The van der Waals surface area contributed by atoms with Crippen LogP contribution in [0.3, 0.4) is 0 Å². The van der Waals surface area contributed by atoms with Crippen molar-refractivity contribution in [3.63, 3.8) is 0 Å². The number of ether oxygens (including phenoxy) is 1. The van der Waals surface area contributed by atoms with Gasteiger partial charge in [0.25, 0.3) is 0 Å². The van der Waals surface area contributed by atoms with E-state index in [1.54, 1.807) is 12.1 Å². The minimum atomic E-state index is -0.441. The van der Waals surface area contributed by atoms with Crippen LogP contribution in [0, 0.1) is 5.82 Å². The SMILES string of the molecule is CCCOc1ccc(Nc2nc(N)nc(N(C)C3CCN(C)CC3)n2)cc1F. The number of benzene rings is 1. The largest absolute Gasteiger partial charge is 0.491 e. The lowest BCUT2D eigenvalue weighted by Gasteiger charge is -2.35. The van der Waals surface area contributed by atoms with Gasteiger partial charge in [-0.2, -0.15) is 15.0 Å². The Morgan fingerprint density at radius 2 is 2.04 bits per heavy atom. The number of nitrogens with two attached hydrogens (primary N) is 1. The molecular weight excluding hydrogens is 361 g/mol. The molecule has 3 N–H and O–H groups in total. The molecule has 1 aliphatic heterocycles. The molecule has 0 bridgehead atoms. The summed E-state index contributed by atoms with van der Waals surface area (Å²) in [6, 6.07) is 5.00. The number of hydrogen-bond acceptors (Lipinski definition) is 8. The van der Waals surface area contributed by atoms with Crippen molar-refractivity contribution in [1.29, 1.82) is 0 Å². The fourth-order valence-corrected chi connectivity index (χ4v) is 3.18. The molecule has 2 heterocycles. The molecule has 0 saturated carbocycles. The van der Waals surface area contributed by atoms with Gasteiger partial charge in [-0.3, -0.25) is 0 Å². The molecule has 152 valence electrons. The lowest BCUT2D eigenvalue weighted by Crippen LogP contribution is -2.42. The molecule has 1 aliphatic rings. The number of nitrogens with one attached hydrogen (secondary N) is 1. The minimum Gasteiger partial charge on any atom is -0.491 e. The second-order valence-electron chi connectivity index (χ2n) is 7.08. The number of piperidine rings is 1. The van der Waals surface area contributed by atoms with Crippen LogP contribution in [0.25, 0.3) is 0 Å². The molecule has 2 aromatic rings. The summed E-state index contributed by atoms with van der Waals surface area (Å²) in [4.78, 5) is 17.2. The number of anilines is 4. The van der Waals surface area contributed by atoms with Crippen LogP contribution in [0.15, 0.2) is 18.2 Å². The van der Waals surface area contributed by atoms with Gasteiger partial charge in [0.15, 0.2) is 11.6 Å². The normalized spacial score (nSPS) is 15.4. The van der Waals surface area contributed by atoms with Crippen molar-refractivity contribution in [2.75, 3.05) is 49.7 Å². The summed E-state index contributed by atoms with van der Waals surface area (Å²) < 4.78 is 19.5. The highest BCUT2D eigenvalue weighted by atomic mass is 19.1. The molecule has 0 atom stereocenters. The Bertz CT molecular complexity index is 796. The van der Waals surface area contributed by atoms with Gasteiger partial charge in [0.05, 0.1) is 6.61 Å². The smallest absolute Gasteiger partial charge is 0.233 e. The second kappa shape index (κ2) is 9.01. The number of nitrogen functional groups attached to an aromatic ring is 1. The third-order valence-electron chi connectivity index (χ3n) is 4.84. The Hall–Kier alpha value is -2.68. The monoisotopic (exact) mass is 389 g/mol. The highest BCUT2D eigenvalue weighted by molar-refractivity contribution is 5.57. The highest BCUT2D eigenvalue weighted by Crippen LogP contribution is 2.24. The van der Waals surface area contributed by atoms with Crippen LogP contribution in [0.1, 0.15) is 26.2 Å². The summed E-state index contributed by atoms with van der Waals surface area (Å²) in [7, 11) is 4.09. The van der Waals surface area contributed by atoms with E-state index < -0.39 is 5.82 Å². The average Bonchev–Trinajstić information content (AvgIpc) is 2.67. The summed E-state index contributed by atoms with van der Waals surface area (Å²) in [5.74, 6) is 0.696. The Balaban J connectivity index is 1.73. The summed E-state index contributed by atoms with van der Waals surface area (Å²) in [6.45, 7) is 4.51. The maximum absolute atomic E-state index is 14.2. The average molecular weight is 389 g/mol. The first-order valence-electron chi connectivity index (χ1n) is 9.58. The molecule has 1 fully saturated rings. The fraction of sp³-hybridized carbons (Fsp3) is 0.526. The van der Waals surface area contributed by atoms with E-state index in [0.29, 0.717) is 24.3 Å². The topological polar surface area (TPSA) is 92.4 Å². The molecule has 0 amide bonds. The van der Waals surface area contributed by atoms with Crippen molar-refractivity contribution in [2.24, 2.45) is 0 Å². The maximum atomic E-state index is 14.2. The van der Waals surface area contributed by atoms with Crippen LogP contribution in [0.4, 0.5) is 27.9 Å². The molecule has 0 unspecified atom stereocenters. The number of aromatic nitrogens is 3. The Labute approximate surface area is 164 Å². The third-order valence-corrected chi connectivity index (χ3v) is 4.84. The van der Waals surface area contributed by atoms with Crippen molar-refractivity contribution in [3.05, 3.63) is 24.0 Å². The van der Waals surface area contributed by atoms with Gasteiger partial charge in [-0.25, -0.2) is 4.39 Å². The molecule has 1 aromatic carbocycles. The van der Waals surface area contributed by atoms with Gasteiger partial charge in [-0.15, -0.1) is 0 Å². The molecule has 0 aliphatic carbocycles. The van der Waals surface area contributed by atoms with Crippen LogP contribution in [-0.4, -0.2) is 59.7 Å².